The summed E-state index contributed by atoms with van der Waals surface area (Å²) in [5, 5.41) is 3.96. The van der Waals surface area contributed by atoms with E-state index in [4.69, 9.17) is 16.3 Å². The quantitative estimate of drug-likeness (QED) is 0.524. The minimum Gasteiger partial charge on any atom is -0.489 e. The van der Waals surface area contributed by atoms with Gasteiger partial charge in [-0.15, -0.1) is 0 Å². The predicted molar refractivity (Wildman–Crippen MR) is 95.5 cm³/mol. The van der Waals surface area contributed by atoms with Crippen molar-refractivity contribution in [3.05, 3.63) is 23.2 Å². The fourth-order valence-corrected chi connectivity index (χ4v) is 2.61. The van der Waals surface area contributed by atoms with Gasteiger partial charge in [0.05, 0.1) is 12.2 Å². The molecule has 1 aromatic carbocycles. The number of likely N-dealkylation sites (N-methyl/N-ethyl adjacent to an activating group) is 1. The normalized spacial score (nSPS) is 18.1. The lowest BCUT2D eigenvalue weighted by Crippen LogP contribution is -2.53. The van der Waals surface area contributed by atoms with Crippen LogP contribution in [0.15, 0.2) is 18.2 Å². The molecule has 13 heteroatoms. The van der Waals surface area contributed by atoms with Crippen molar-refractivity contribution >= 4 is 35.0 Å². The van der Waals surface area contributed by atoms with Crippen molar-refractivity contribution < 1.29 is 41.1 Å². The Morgan fingerprint density at radius 3 is 2.50 bits per heavy atom. The first-order chi connectivity index (χ1) is 13.7. The van der Waals surface area contributed by atoms with Crippen LogP contribution in [0.4, 0.5) is 27.6 Å². The van der Waals surface area contributed by atoms with Crippen LogP contribution in [0.3, 0.4) is 0 Å². The summed E-state index contributed by atoms with van der Waals surface area (Å²) in [6.07, 6.45) is -5.85. The van der Waals surface area contributed by atoms with E-state index in [1.807, 2.05) is 0 Å². The van der Waals surface area contributed by atoms with Crippen molar-refractivity contribution in [2.75, 3.05) is 25.1 Å². The third-order valence-corrected chi connectivity index (χ3v) is 4.55. The second kappa shape index (κ2) is 8.62. The van der Waals surface area contributed by atoms with Crippen LogP contribution in [0, 0.1) is 5.92 Å². The molecule has 0 saturated carbocycles. The summed E-state index contributed by atoms with van der Waals surface area (Å²) >= 11 is 5.90. The highest BCUT2D eigenvalue weighted by atomic mass is 35.5. The van der Waals surface area contributed by atoms with Crippen LogP contribution in [0.1, 0.15) is 6.92 Å². The largest absolute Gasteiger partial charge is 0.489 e. The van der Waals surface area contributed by atoms with E-state index >= 15 is 0 Å². The molecule has 2 atom stereocenters. The molecule has 0 radical (unpaired) electrons. The van der Waals surface area contributed by atoms with Crippen molar-refractivity contribution in [1.29, 1.82) is 0 Å². The minimum absolute atomic E-state index is 0.302. The molecule has 3 amide bonds. The Morgan fingerprint density at radius 1 is 1.27 bits per heavy atom. The fraction of sp³-hybridized carbons (Fsp3) is 0.471. The number of benzene rings is 1. The van der Waals surface area contributed by atoms with Crippen molar-refractivity contribution in [1.82, 2.24) is 10.6 Å². The van der Waals surface area contributed by atoms with Gasteiger partial charge in [0.15, 0.2) is 0 Å². The van der Waals surface area contributed by atoms with Gasteiger partial charge in [-0.3, -0.25) is 14.4 Å². The highest BCUT2D eigenvalue weighted by Gasteiger charge is 2.57. The lowest BCUT2D eigenvalue weighted by atomic mass is 10.1. The van der Waals surface area contributed by atoms with E-state index in [0.29, 0.717) is 16.5 Å². The highest BCUT2D eigenvalue weighted by Crippen LogP contribution is 2.35. The van der Waals surface area contributed by atoms with Crippen LogP contribution < -0.4 is 20.3 Å². The molecule has 0 aliphatic carbocycles. The first-order valence-corrected chi connectivity index (χ1v) is 8.85. The van der Waals surface area contributed by atoms with Gasteiger partial charge in [-0.2, -0.15) is 22.0 Å². The molecular formula is C17H17ClF5N3O4. The minimum atomic E-state index is -5.85. The third kappa shape index (κ3) is 5.10. The first kappa shape index (κ1) is 23.6. The second-order valence-corrected chi connectivity index (χ2v) is 6.96. The molecule has 1 aromatic rings. The Hall–Kier alpha value is -2.63. The molecule has 1 aliphatic rings. The molecule has 7 nitrogen and oxygen atoms in total. The number of anilines is 1. The monoisotopic (exact) mass is 457 g/mol. The van der Waals surface area contributed by atoms with E-state index in [1.165, 1.54) is 35.5 Å². The van der Waals surface area contributed by atoms with Gasteiger partial charge in [0.25, 0.3) is 5.91 Å². The van der Waals surface area contributed by atoms with E-state index in [9.17, 15) is 36.3 Å². The van der Waals surface area contributed by atoms with E-state index in [-0.39, 0.29) is 6.61 Å². The van der Waals surface area contributed by atoms with Crippen molar-refractivity contribution in [2.24, 2.45) is 5.92 Å². The van der Waals surface area contributed by atoms with E-state index in [0.717, 1.165) is 6.92 Å². The summed E-state index contributed by atoms with van der Waals surface area (Å²) in [5.74, 6) is -9.51. The zero-order chi connectivity index (χ0) is 22.9. The Morgan fingerprint density at radius 2 is 1.90 bits per heavy atom. The average molecular weight is 458 g/mol. The number of halogens is 6. The number of hydrogen-bond donors (Lipinski definition) is 2. The van der Waals surface area contributed by atoms with Crippen molar-refractivity contribution in [3.63, 3.8) is 0 Å². The molecule has 2 N–H and O–H groups in total. The summed E-state index contributed by atoms with van der Waals surface area (Å²) in [7, 11) is 1.40. The van der Waals surface area contributed by atoms with Gasteiger partial charge in [-0.25, -0.2) is 0 Å². The molecule has 2 unspecified atom stereocenters. The number of alkyl halides is 5. The van der Waals surface area contributed by atoms with E-state index in [1.54, 1.807) is 0 Å². The topological polar surface area (TPSA) is 87.7 Å². The zero-order valence-electron chi connectivity index (χ0n) is 15.6. The molecule has 0 spiro atoms. The smallest absolute Gasteiger partial charge is 0.455 e. The van der Waals surface area contributed by atoms with Crippen LogP contribution in [0.5, 0.6) is 5.75 Å². The van der Waals surface area contributed by atoms with Crippen LogP contribution in [-0.2, 0) is 14.4 Å². The van der Waals surface area contributed by atoms with Gasteiger partial charge in [0, 0.05) is 12.1 Å². The van der Waals surface area contributed by atoms with Gasteiger partial charge in [0.2, 0.25) is 11.8 Å². The molecule has 2 rings (SSSR count). The maximum Gasteiger partial charge on any atom is 0.455 e. The molecule has 1 aliphatic heterocycles. The van der Waals surface area contributed by atoms with Crippen LogP contribution in [0.2, 0.25) is 5.02 Å². The number of ether oxygens (including phenoxy) is 1. The van der Waals surface area contributed by atoms with E-state index < -0.39 is 48.3 Å². The van der Waals surface area contributed by atoms with Crippen LogP contribution in [0.25, 0.3) is 0 Å². The summed E-state index contributed by atoms with van der Waals surface area (Å²) in [5.41, 5.74) is 0.337. The molecule has 0 saturated heterocycles. The number of carbonyl (C=O) groups excluding carboxylic acids is 3. The Labute approximate surface area is 172 Å². The maximum atomic E-state index is 12.9. The van der Waals surface area contributed by atoms with Gasteiger partial charge in [-0.1, -0.05) is 11.6 Å². The predicted octanol–water partition coefficient (Wildman–Crippen LogP) is 2.13. The number of nitrogens with zero attached hydrogens (tertiary/aromatic N) is 1. The van der Waals surface area contributed by atoms with Gasteiger partial charge >= 0.3 is 12.1 Å². The van der Waals surface area contributed by atoms with Crippen molar-refractivity contribution in [2.45, 2.75) is 25.1 Å². The lowest BCUT2D eigenvalue weighted by molar-refractivity contribution is -0.278. The zero-order valence-corrected chi connectivity index (χ0v) is 16.4. The lowest BCUT2D eigenvalue weighted by Gasteiger charge is -2.23. The Kier molecular flexibility index (Phi) is 6.80. The van der Waals surface area contributed by atoms with Gasteiger partial charge in [-0.05, 0) is 25.1 Å². The maximum absolute atomic E-state index is 12.9. The number of nitrogens with one attached hydrogen (secondary N) is 2. The molecule has 0 fully saturated rings. The third-order valence-electron chi connectivity index (χ3n) is 4.32. The summed E-state index contributed by atoms with van der Waals surface area (Å²) < 4.78 is 67.8. The number of amides is 3. The summed E-state index contributed by atoms with van der Waals surface area (Å²) in [6.45, 7) is -1.32. The number of rotatable bonds is 5. The molecule has 1 heterocycles. The summed E-state index contributed by atoms with van der Waals surface area (Å²) in [6, 6.07) is 3.28. The van der Waals surface area contributed by atoms with Gasteiger partial charge in [0.1, 0.15) is 24.3 Å². The average Bonchev–Trinajstić information content (AvgIpc) is 2.77. The van der Waals surface area contributed by atoms with E-state index in [2.05, 4.69) is 5.32 Å². The second-order valence-electron chi connectivity index (χ2n) is 6.52. The summed E-state index contributed by atoms with van der Waals surface area (Å²) in [4.78, 5) is 37.8. The van der Waals surface area contributed by atoms with Crippen LogP contribution >= 0.6 is 11.6 Å². The highest BCUT2D eigenvalue weighted by molar-refractivity contribution is 6.31. The van der Waals surface area contributed by atoms with Crippen LogP contribution in [-0.4, -0.2) is 56.1 Å². The molecule has 0 aromatic heterocycles. The number of hydrogen-bond acceptors (Lipinski definition) is 4. The Balaban J connectivity index is 2.01. The first-order valence-electron chi connectivity index (χ1n) is 8.47. The molecule has 166 valence electrons. The number of carbonyl (C=O) groups is 3. The SMILES string of the molecule is CC(C(=O)NCC(F)(F)C(F)(F)F)C(=O)NC1COc2ccc(Cl)cc2N(C)C1=O. The molecule has 30 heavy (non-hydrogen) atoms. The van der Waals surface area contributed by atoms with Crippen molar-refractivity contribution in [3.8, 4) is 5.75 Å². The Bertz CT molecular complexity index is 849. The van der Waals surface area contributed by atoms with Gasteiger partial charge < -0.3 is 20.3 Å². The number of fused-ring (bicyclic) bond motifs is 1. The molecule has 0 bridgehead atoms. The standard InChI is InChI=1S/C17H17ClF5N3O4/c1-8(13(27)24-7-16(19,20)17(21,22)23)14(28)25-10-6-30-12-4-3-9(18)5-11(12)26(2)15(10)29/h3-5,8,10H,6-7H2,1-2H3,(H,24,27)(H,25,28). The fourth-order valence-electron chi connectivity index (χ4n) is 2.44. The molecular weight excluding hydrogens is 441 g/mol.